The number of amides is 4. The van der Waals surface area contributed by atoms with Crippen LogP contribution in [0.1, 0.15) is 112 Å². The Balaban J connectivity index is 2.30. The number of nitrogens with two attached hydrogens (primary N) is 2. The standard InChI is InChI=1S/C38H74N6O9P2/c1-7-27(6)35(44-37(48)34(40)26(4)5)38(49)42-19-31(24-54(50,51)21-28-14-10-8-11-15-28)53-55(52,22-29-16-12-9-13-17-29)23-30(45)18-41-32(46)20-43-36(47)33(39)25(2)3/h25-31,33-35,45H,7-24,39-40H2,1-6H3,(H,41,46)(H,42,49)(H,43,47)(H,44,48)(H,50,51)/t27?,30-,31-,33+,34+,35+,55?/m1/s1. The fourth-order valence-corrected chi connectivity index (χ4v) is 12.6. The maximum Gasteiger partial charge on any atom is 0.242 e. The Labute approximate surface area is 329 Å². The molecule has 8 atom stereocenters. The molecule has 3 unspecified atom stereocenters. The molecule has 0 aromatic carbocycles. The highest BCUT2D eigenvalue weighted by molar-refractivity contribution is 7.59. The first-order valence-electron chi connectivity index (χ1n) is 20.6. The Bertz CT molecular complexity index is 1310. The molecule has 0 saturated heterocycles. The number of carbonyl (C=O) groups excluding carboxylic acids is 4. The van der Waals surface area contributed by atoms with Crippen LogP contribution in [0.25, 0.3) is 0 Å². The third-order valence-electron chi connectivity index (χ3n) is 11.1. The molecule has 17 heteroatoms. The van der Waals surface area contributed by atoms with Crippen LogP contribution in [-0.2, 0) is 32.8 Å². The van der Waals surface area contributed by atoms with Crippen LogP contribution in [0.5, 0.6) is 0 Å². The lowest BCUT2D eigenvalue weighted by Crippen LogP contribution is -2.56. The Morgan fingerprint density at radius 2 is 1.25 bits per heavy atom. The molecule has 10 N–H and O–H groups in total. The molecule has 2 fully saturated rings. The first-order chi connectivity index (χ1) is 25.8. The van der Waals surface area contributed by atoms with Gasteiger partial charge in [-0.3, -0.25) is 28.3 Å². The summed E-state index contributed by atoms with van der Waals surface area (Å²) in [5, 5.41) is 21.7. The fraction of sp³-hybridized carbons (Fsp3) is 0.895. The molecular weight excluding hydrogens is 746 g/mol. The number of rotatable bonds is 24. The summed E-state index contributed by atoms with van der Waals surface area (Å²) in [5.41, 5.74) is 11.9. The maximum absolute atomic E-state index is 14.9. The molecule has 2 aliphatic rings. The van der Waals surface area contributed by atoms with Gasteiger partial charge in [0, 0.05) is 25.4 Å². The quantitative estimate of drug-likeness (QED) is 0.0656. The number of hydrogen-bond acceptors (Lipinski definition) is 10. The molecular formula is C38H74N6O9P2. The third kappa shape index (κ3) is 18.5. The van der Waals surface area contributed by atoms with E-state index in [9.17, 15) is 38.3 Å². The number of hydrogen-bond donors (Lipinski definition) is 8. The Morgan fingerprint density at radius 3 is 1.78 bits per heavy atom. The van der Waals surface area contributed by atoms with E-state index in [0.29, 0.717) is 6.42 Å². The van der Waals surface area contributed by atoms with Crippen LogP contribution in [0.4, 0.5) is 0 Å². The summed E-state index contributed by atoms with van der Waals surface area (Å²) in [6.45, 7) is 10.1. The van der Waals surface area contributed by atoms with Crippen LogP contribution in [0.15, 0.2) is 0 Å². The molecule has 0 heterocycles. The molecule has 0 aromatic heterocycles. The lowest BCUT2D eigenvalue weighted by molar-refractivity contribution is -0.131. The van der Waals surface area contributed by atoms with Crippen molar-refractivity contribution < 1.29 is 42.8 Å². The van der Waals surface area contributed by atoms with Crippen LogP contribution in [0, 0.1) is 29.6 Å². The zero-order valence-electron chi connectivity index (χ0n) is 34.3. The van der Waals surface area contributed by atoms with Crippen LogP contribution in [-0.4, -0.2) is 108 Å². The van der Waals surface area contributed by atoms with Crippen molar-refractivity contribution in [3.05, 3.63) is 0 Å². The van der Waals surface area contributed by atoms with E-state index in [1.165, 1.54) is 0 Å². The van der Waals surface area contributed by atoms with Crippen LogP contribution in [0.2, 0.25) is 0 Å². The molecule has 2 saturated carbocycles. The molecule has 0 aliphatic heterocycles. The summed E-state index contributed by atoms with van der Waals surface area (Å²) < 4.78 is 35.1. The highest BCUT2D eigenvalue weighted by Gasteiger charge is 2.38. The second-order valence-corrected chi connectivity index (χ2v) is 22.0. The maximum atomic E-state index is 14.9. The molecule has 0 aromatic rings. The molecule has 4 amide bonds. The minimum absolute atomic E-state index is 0.0512. The topological polar surface area (TPSA) is 252 Å². The highest BCUT2D eigenvalue weighted by atomic mass is 31.2. The lowest BCUT2D eigenvalue weighted by Gasteiger charge is -2.33. The van der Waals surface area contributed by atoms with Crippen molar-refractivity contribution in [2.24, 2.45) is 41.1 Å². The van der Waals surface area contributed by atoms with Gasteiger partial charge in [0.2, 0.25) is 38.4 Å². The van der Waals surface area contributed by atoms with E-state index in [1.54, 1.807) is 13.8 Å². The van der Waals surface area contributed by atoms with Gasteiger partial charge in [-0.15, -0.1) is 0 Å². The zero-order chi connectivity index (χ0) is 41.3. The van der Waals surface area contributed by atoms with Crippen molar-refractivity contribution in [2.45, 2.75) is 143 Å². The first-order valence-corrected chi connectivity index (χ1v) is 24.7. The van der Waals surface area contributed by atoms with E-state index in [2.05, 4.69) is 21.3 Å². The fourth-order valence-electron chi connectivity index (χ4n) is 7.34. The largest absolute Gasteiger partial charge is 0.391 e. The van der Waals surface area contributed by atoms with E-state index in [1.807, 2.05) is 27.7 Å². The first kappa shape index (κ1) is 49.3. The number of carbonyl (C=O) groups is 4. The molecule has 0 radical (unpaired) electrons. The molecule has 2 aliphatic carbocycles. The zero-order valence-corrected chi connectivity index (χ0v) is 36.1. The van der Waals surface area contributed by atoms with Crippen LogP contribution in [0.3, 0.4) is 0 Å². The van der Waals surface area contributed by atoms with Gasteiger partial charge >= 0.3 is 0 Å². The van der Waals surface area contributed by atoms with Gasteiger partial charge in [-0.2, -0.15) is 0 Å². The predicted molar refractivity (Wildman–Crippen MR) is 217 cm³/mol. The monoisotopic (exact) mass is 820 g/mol. The second-order valence-electron chi connectivity index (χ2n) is 17.0. The van der Waals surface area contributed by atoms with Crippen molar-refractivity contribution in [1.29, 1.82) is 0 Å². The minimum Gasteiger partial charge on any atom is -0.391 e. The summed E-state index contributed by atoms with van der Waals surface area (Å²) in [4.78, 5) is 62.7. The van der Waals surface area contributed by atoms with E-state index < -0.39 is 68.7 Å². The van der Waals surface area contributed by atoms with E-state index in [0.717, 1.165) is 64.2 Å². The Morgan fingerprint density at radius 1 is 0.727 bits per heavy atom. The van der Waals surface area contributed by atoms with Crippen molar-refractivity contribution >= 4 is 38.4 Å². The number of nitrogens with one attached hydrogen (secondary N) is 4. The van der Waals surface area contributed by atoms with E-state index >= 15 is 0 Å². The molecule has 0 bridgehead atoms. The molecule has 2 rings (SSSR count). The van der Waals surface area contributed by atoms with Crippen molar-refractivity contribution in [2.75, 3.05) is 44.3 Å². The SMILES string of the molecule is CCC(C)[C@H](NC(=O)[C@@H](N)C(C)C)C(=O)NC[C@H](CP(=O)(O)CC1CCCCC1)OP(=O)(CC1CCCCC1)C[C@H](O)CNC(=O)CNC(=O)[C@@H](N)C(C)C. The average Bonchev–Trinajstić information content (AvgIpc) is 3.13. The van der Waals surface area contributed by atoms with Gasteiger partial charge in [-0.05, 0) is 55.3 Å². The number of aliphatic hydroxyl groups is 1. The normalized spacial score (nSPS) is 21.3. The number of aliphatic hydroxyl groups excluding tert-OH is 1. The summed E-state index contributed by atoms with van der Waals surface area (Å²) in [6.07, 6.45) is 7.15. The van der Waals surface area contributed by atoms with Crippen LogP contribution < -0.4 is 32.7 Å². The van der Waals surface area contributed by atoms with Gasteiger partial charge in [0.05, 0.1) is 43.2 Å². The molecule has 0 spiro atoms. The van der Waals surface area contributed by atoms with Gasteiger partial charge in [-0.25, -0.2) is 0 Å². The Hall–Kier alpha value is -1.86. The van der Waals surface area contributed by atoms with Crippen LogP contribution >= 0.6 is 14.7 Å². The molecule has 320 valence electrons. The van der Waals surface area contributed by atoms with Crippen molar-refractivity contribution in [3.8, 4) is 0 Å². The van der Waals surface area contributed by atoms with E-state index in [4.69, 9.17) is 16.0 Å². The second kappa shape index (κ2) is 24.2. The Kier molecular flexibility index (Phi) is 21.6. The van der Waals surface area contributed by atoms with Gasteiger partial charge in [0.1, 0.15) is 6.04 Å². The molecule has 15 nitrogen and oxygen atoms in total. The summed E-state index contributed by atoms with van der Waals surface area (Å²) in [6, 6.07) is -2.53. The van der Waals surface area contributed by atoms with Crippen molar-refractivity contribution in [1.82, 2.24) is 21.3 Å². The minimum atomic E-state index is -3.84. The van der Waals surface area contributed by atoms with E-state index in [-0.39, 0.29) is 73.9 Å². The van der Waals surface area contributed by atoms with Gasteiger partial charge in [0.15, 0.2) is 0 Å². The lowest BCUT2D eigenvalue weighted by atomic mass is 9.91. The van der Waals surface area contributed by atoms with Gasteiger partial charge < -0.3 is 47.3 Å². The van der Waals surface area contributed by atoms with Gasteiger partial charge in [-0.1, -0.05) is 86.5 Å². The summed E-state index contributed by atoms with van der Waals surface area (Å²) in [5.74, 6) is -2.42. The summed E-state index contributed by atoms with van der Waals surface area (Å²) in [7, 11) is -7.59. The van der Waals surface area contributed by atoms with Crippen molar-refractivity contribution in [3.63, 3.8) is 0 Å². The van der Waals surface area contributed by atoms with Gasteiger partial charge in [0.25, 0.3) is 0 Å². The smallest absolute Gasteiger partial charge is 0.242 e. The predicted octanol–water partition coefficient (Wildman–Crippen LogP) is 3.29. The molecule has 55 heavy (non-hydrogen) atoms. The third-order valence-corrected chi connectivity index (χ3v) is 15.9. The highest BCUT2D eigenvalue weighted by Crippen LogP contribution is 2.54. The summed E-state index contributed by atoms with van der Waals surface area (Å²) >= 11 is 0. The average molecular weight is 821 g/mol.